The summed E-state index contributed by atoms with van der Waals surface area (Å²) in [6.45, 7) is 5.08. The van der Waals surface area contributed by atoms with Gasteiger partial charge in [0.05, 0.1) is 17.7 Å². The lowest BCUT2D eigenvalue weighted by molar-refractivity contribution is -0.140. The number of ether oxygens (including phenoxy) is 1. The van der Waals surface area contributed by atoms with Crippen molar-refractivity contribution in [2.75, 3.05) is 18.0 Å². The maximum atomic E-state index is 14.4. The van der Waals surface area contributed by atoms with Crippen molar-refractivity contribution >= 4 is 39.1 Å². The van der Waals surface area contributed by atoms with Gasteiger partial charge >= 0.3 is 0 Å². The number of anilines is 1. The number of carbonyl (C=O) groups excluding carboxylic acids is 2. The zero-order valence-electron chi connectivity index (χ0n) is 25.9. The summed E-state index contributed by atoms with van der Waals surface area (Å²) < 4.78 is 34.8. The Balaban J connectivity index is 1.75. The van der Waals surface area contributed by atoms with Crippen LogP contribution in [0.2, 0.25) is 5.02 Å². The molecule has 1 aliphatic rings. The van der Waals surface area contributed by atoms with E-state index in [2.05, 4.69) is 5.32 Å². The van der Waals surface area contributed by atoms with Crippen LogP contribution in [0.5, 0.6) is 5.75 Å². The fourth-order valence-corrected chi connectivity index (χ4v) is 7.27. The number of sulfonamides is 1. The van der Waals surface area contributed by atoms with Crippen molar-refractivity contribution in [3.05, 3.63) is 88.4 Å². The van der Waals surface area contributed by atoms with Crippen LogP contribution in [0.15, 0.2) is 71.6 Å². The fraction of sp³-hybridized carbons (Fsp3) is 0.412. The minimum Gasteiger partial charge on any atom is -0.497 e. The molecular weight excluding hydrogens is 598 g/mol. The molecule has 0 unspecified atom stereocenters. The number of nitrogens with one attached hydrogen (secondary N) is 1. The van der Waals surface area contributed by atoms with Gasteiger partial charge in [0.2, 0.25) is 11.8 Å². The molecule has 2 amide bonds. The molecule has 0 spiro atoms. The molecule has 0 heterocycles. The summed E-state index contributed by atoms with van der Waals surface area (Å²) in [6, 6.07) is 18.0. The molecule has 1 aliphatic carbocycles. The highest BCUT2D eigenvalue weighted by molar-refractivity contribution is 7.92. The lowest BCUT2D eigenvalue weighted by Crippen LogP contribution is -2.54. The van der Waals surface area contributed by atoms with E-state index in [4.69, 9.17) is 16.3 Å². The minimum atomic E-state index is -4.19. The van der Waals surface area contributed by atoms with E-state index in [1.54, 1.807) is 50.4 Å². The third-order valence-corrected chi connectivity index (χ3v) is 10.2. The first-order chi connectivity index (χ1) is 21.0. The smallest absolute Gasteiger partial charge is 0.264 e. The predicted molar refractivity (Wildman–Crippen MR) is 175 cm³/mol. The first kappa shape index (κ1) is 33.3. The van der Waals surface area contributed by atoms with Crippen LogP contribution in [0.1, 0.15) is 62.1 Å². The van der Waals surface area contributed by atoms with E-state index < -0.39 is 28.5 Å². The number of nitrogens with zero attached hydrogens (tertiary/aromatic N) is 2. The number of hydrogen-bond acceptors (Lipinski definition) is 5. The summed E-state index contributed by atoms with van der Waals surface area (Å²) in [4.78, 5) is 29.7. The number of methoxy groups -OCH3 is 1. The molecule has 236 valence electrons. The maximum absolute atomic E-state index is 14.4. The first-order valence-corrected chi connectivity index (χ1v) is 16.9. The van der Waals surface area contributed by atoms with Crippen molar-refractivity contribution in [3.63, 3.8) is 0 Å². The molecule has 0 saturated heterocycles. The van der Waals surface area contributed by atoms with Gasteiger partial charge in [-0.2, -0.15) is 0 Å². The monoisotopic (exact) mass is 639 g/mol. The number of benzene rings is 3. The Labute approximate surface area is 266 Å². The molecule has 1 atom stereocenters. The van der Waals surface area contributed by atoms with Gasteiger partial charge in [-0.05, 0) is 80.6 Å². The quantitative estimate of drug-likeness (QED) is 0.247. The molecule has 10 heteroatoms. The van der Waals surface area contributed by atoms with Gasteiger partial charge in [-0.15, -0.1) is 0 Å². The fourth-order valence-electron chi connectivity index (χ4n) is 5.63. The van der Waals surface area contributed by atoms with Gasteiger partial charge in [-0.25, -0.2) is 8.42 Å². The first-order valence-electron chi connectivity index (χ1n) is 15.1. The van der Waals surface area contributed by atoms with E-state index in [1.807, 2.05) is 32.0 Å². The molecule has 44 heavy (non-hydrogen) atoms. The number of halogens is 1. The van der Waals surface area contributed by atoms with Crippen LogP contribution in [0.25, 0.3) is 0 Å². The molecule has 0 aromatic heterocycles. The summed E-state index contributed by atoms with van der Waals surface area (Å²) in [6.07, 6.45) is 5.43. The Morgan fingerprint density at radius 2 is 1.70 bits per heavy atom. The van der Waals surface area contributed by atoms with Gasteiger partial charge in [-0.3, -0.25) is 13.9 Å². The number of hydrogen-bond donors (Lipinski definition) is 1. The van der Waals surface area contributed by atoms with E-state index in [9.17, 15) is 18.0 Å². The second kappa shape index (κ2) is 14.9. The summed E-state index contributed by atoms with van der Waals surface area (Å²) in [7, 11) is -2.63. The van der Waals surface area contributed by atoms with Gasteiger partial charge in [0, 0.05) is 17.6 Å². The van der Waals surface area contributed by atoms with Crippen LogP contribution in [-0.2, 0) is 26.2 Å². The van der Waals surface area contributed by atoms with Crippen LogP contribution in [-0.4, -0.2) is 50.9 Å². The Hall–Kier alpha value is -3.56. The van der Waals surface area contributed by atoms with Crippen molar-refractivity contribution < 1.29 is 22.7 Å². The number of rotatable bonds is 12. The second-order valence-corrected chi connectivity index (χ2v) is 13.7. The average molecular weight is 640 g/mol. The molecule has 3 aromatic carbocycles. The molecular formula is C34H42ClN3O5S. The maximum Gasteiger partial charge on any atom is 0.264 e. The van der Waals surface area contributed by atoms with E-state index in [-0.39, 0.29) is 23.4 Å². The van der Waals surface area contributed by atoms with Gasteiger partial charge in [0.25, 0.3) is 10.0 Å². The van der Waals surface area contributed by atoms with Crippen LogP contribution in [0.4, 0.5) is 5.69 Å². The SMILES string of the molecule is CC[C@@H](C(=O)NC1CCCCC1)N(Cc1cccc(OC)c1)C(=O)CN(c1cc(Cl)ccc1C)S(=O)(=O)c1ccc(C)cc1. The summed E-state index contributed by atoms with van der Waals surface area (Å²) in [5.74, 6) is -0.121. The van der Waals surface area contributed by atoms with Crippen LogP contribution in [0.3, 0.4) is 0 Å². The van der Waals surface area contributed by atoms with Gasteiger partial charge < -0.3 is 15.0 Å². The Morgan fingerprint density at radius 1 is 1.00 bits per heavy atom. The molecule has 1 N–H and O–H groups in total. The van der Waals surface area contributed by atoms with E-state index in [0.29, 0.717) is 28.4 Å². The van der Waals surface area contributed by atoms with Crippen molar-refractivity contribution in [2.24, 2.45) is 0 Å². The van der Waals surface area contributed by atoms with Gasteiger partial charge in [0.1, 0.15) is 18.3 Å². The standard InChI is InChI=1S/C34H42ClN3O5S/c1-5-31(34(40)36-28-11-7-6-8-12-28)37(22-26-10-9-13-29(20-26)43-4)33(39)23-38(32-21-27(35)17-16-25(32)3)44(41,42)30-18-14-24(2)15-19-30/h9-10,13-21,28,31H,5-8,11-12,22-23H2,1-4H3,(H,36,40)/t31-/m0/s1. The number of aryl methyl sites for hydroxylation is 2. The second-order valence-electron chi connectivity index (χ2n) is 11.4. The number of amides is 2. The Kier molecular flexibility index (Phi) is 11.3. The largest absolute Gasteiger partial charge is 0.497 e. The molecule has 3 aromatic rings. The molecule has 4 rings (SSSR count). The molecule has 8 nitrogen and oxygen atoms in total. The zero-order valence-corrected chi connectivity index (χ0v) is 27.5. The molecule has 0 bridgehead atoms. The minimum absolute atomic E-state index is 0.0525. The Morgan fingerprint density at radius 3 is 2.36 bits per heavy atom. The lowest BCUT2D eigenvalue weighted by atomic mass is 9.95. The highest BCUT2D eigenvalue weighted by Gasteiger charge is 2.35. The normalized spacial score (nSPS) is 14.5. The molecule has 1 saturated carbocycles. The highest BCUT2D eigenvalue weighted by atomic mass is 35.5. The number of carbonyl (C=O) groups is 2. The summed E-state index contributed by atoms with van der Waals surface area (Å²) in [5, 5.41) is 3.51. The topological polar surface area (TPSA) is 96.0 Å². The zero-order chi connectivity index (χ0) is 31.9. The lowest BCUT2D eigenvalue weighted by Gasteiger charge is -2.35. The van der Waals surface area contributed by atoms with Crippen LogP contribution < -0.4 is 14.4 Å². The van der Waals surface area contributed by atoms with Crippen LogP contribution >= 0.6 is 11.6 Å². The highest BCUT2D eigenvalue weighted by Crippen LogP contribution is 2.30. The molecule has 0 radical (unpaired) electrons. The third kappa shape index (κ3) is 8.12. The van der Waals surface area contributed by atoms with Crippen molar-refractivity contribution in [1.29, 1.82) is 0 Å². The van der Waals surface area contributed by atoms with Crippen molar-refractivity contribution in [3.8, 4) is 5.75 Å². The summed E-state index contributed by atoms with van der Waals surface area (Å²) >= 11 is 6.34. The van der Waals surface area contributed by atoms with Crippen molar-refractivity contribution in [2.45, 2.75) is 82.8 Å². The Bertz CT molecular complexity index is 1560. The third-order valence-electron chi connectivity index (χ3n) is 8.15. The molecule has 1 fully saturated rings. The van der Waals surface area contributed by atoms with E-state index in [0.717, 1.165) is 47.5 Å². The van der Waals surface area contributed by atoms with Crippen LogP contribution in [0, 0.1) is 13.8 Å². The van der Waals surface area contributed by atoms with E-state index in [1.165, 1.54) is 17.0 Å². The van der Waals surface area contributed by atoms with Crippen molar-refractivity contribution in [1.82, 2.24) is 10.2 Å². The average Bonchev–Trinajstić information content (AvgIpc) is 3.01. The summed E-state index contributed by atoms with van der Waals surface area (Å²) in [5.41, 5.74) is 2.60. The molecule has 0 aliphatic heterocycles. The predicted octanol–water partition coefficient (Wildman–Crippen LogP) is 6.42. The van der Waals surface area contributed by atoms with Gasteiger partial charge in [-0.1, -0.05) is 73.7 Å². The van der Waals surface area contributed by atoms with Gasteiger partial charge in [0.15, 0.2) is 0 Å². The van der Waals surface area contributed by atoms with E-state index >= 15 is 0 Å².